The number of amides is 2. The molecule has 0 aliphatic heterocycles. The fourth-order valence-corrected chi connectivity index (χ4v) is 3.80. The number of aryl methyl sites for hydroxylation is 1. The topological polar surface area (TPSA) is 80.6 Å². The predicted molar refractivity (Wildman–Crippen MR) is 109 cm³/mol. The number of rotatable bonds is 7. The lowest BCUT2D eigenvalue weighted by Gasteiger charge is -2.17. The molecule has 0 saturated carbocycles. The number of hydrogen-bond acceptors (Lipinski definition) is 5. The molecule has 7 heteroatoms. The van der Waals surface area contributed by atoms with Crippen LogP contribution < -0.4 is 15.4 Å². The van der Waals surface area contributed by atoms with Crippen molar-refractivity contribution in [1.82, 2.24) is 5.32 Å². The van der Waals surface area contributed by atoms with Gasteiger partial charge in [-0.25, -0.2) is 0 Å². The highest BCUT2D eigenvalue weighted by Crippen LogP contribution is 2.28. The van der Waals surface area contributed by atoms with Gasteiger partial charge in [0, 0.05) is 0 Å². The van der Waals surface area contributed by atoms with Gasteiger partial charge in [-0.1, -0.05) is 19.1 Å². The molecule has 2 aromatic heterocycles. The van der Waals surface area contributed by atoms with E-state index in [-0.39, 0.29) is 23.6 Å². The van der Waals surface area contributed by atoms with Crippen LogP contribution in [0.5, 0.6) is 5.75 Å². The third-order valence-corrected chi connectivity index (χ3v) is 5.49. The minimum atomic E-state index is -0.345. The van der Waals surface area contributed by atoms with Gasteiger partial charge in [-0.2, -0.15) is 0 Å². The van der Waals surface area contributed by atoms with Crippen LogP contribution in [0.4, 0.5) is 5.00 Å². The van der Waals surface area contributed by atoms with Gasteiger partial charge in [-0.05, 0) is 54.8 Å². The predicted octanol–water partition coefficient (Wildman–Crippen LogP) is 4.79. The first-order chi connectivity index (χ1) is 13.5. The van der Waals surface area contributed by atoms with Gasteiger partial charge >= 0.3 is 0 Å². The first-order valence-corrected chi connectivity index (χ1v) is 9.73. The summed E-state index contributed by atoms with van der Waals surface area (Å²) in [5.74, 6) is 0.491. The summed E-state index contributed by atoms with van der Waals surface area (Å²) in [6.07, 6.45) is 2.20. The number of hydrogen-bond donors (Lipinski definition) is 2. The normalized spacial score (nSPS) is 11.7. The number of nitrogens with one attached hydrogen (secondary N) is 2. The van der Waals surface area contributed by atoms with E-state index in [0.29, 0.717) is 9.88 Å². The minimum Gasteiger partial charge on any atom is -0.497 e. The van der Waals surface area contributed by atoms with Crippen molar-refractivity contribution in [2.75, 3.05) is 12.4 Å². The van der Waals surface area contributed by atoms with E-state index in [9.17, 15) is 9.59 Å². The Labute approximate surface area is 167 Å². The van der Waals surface area contributed by atoms with Crippen LogP contribution in [-0.4, -0.2) is 18.9 Å². The Morgan fingerprint density at radius 2 is 1.93 bits per heavy atom. The van der Waals surface area contributed by atoms with Crippen molar-refractivity contribution in [3.8, 4) is 5.75 Å². The second-order valence-electron chi connectivity index (χ2n) is 6.26. The van der Waals surface area contributed by atoms with Crippen molar-refractivity contribution < 1.29 is 18.7 Å². The Hall–Kier alpha value is -3.06. The zero-order valence-corrected chi connectivity index (χ0v) is 16.8. The van der Waals surface area contributed by atoms with Crippen molar-refractivity contribution in [2.45, 2.75) is 26.3 Å². The molecule has 1 atom stereocenters. The fourth-order valence-electron chi connectivity index (χ4n) is 2.83. The molecule has 146 valence electrons. The van der Waals surface area contributed by atoms with Gasteiger partial charge < -0.3 is 19.8 Å². The molecule has 0 saturated heterocycles. The number of ether oxygens (including phenoxy) is 1. The molecule has 0 aliphatic carbocycles. The van der Waals surface area contributed by atoms with Gasteiger partial charge in [-0.3, -0.25) is 9.59 Å². The number of carbonyl (C=O) groups is 2. The number of benzene rings is 1. The summed E-state index contributed by atoms with van der Waals surface area (Å²) < 4.78 is 10.3. The maximum atomic E-state index is 12.8. The number of furan rings is 1. The van der Waals surface area contributed by atoms with Crippen LogP contribution in [0.15, 0.2) is 53.1 Å². The maximum Gasteiger partial charge on any atom is 0.291 e. The third-order valence-electron chi connectivity index (χ3n) is 4.34. The molecule has 2 N–H and O–H groups in total. The van der Waals surface area contributed by atoms with Crippen molar-refractivity contribution in [1.29, 1.82) is 0 Å². The van der Waals surface area contributed by atoms with E-state index in [1.165, 1.54) is 17.6 Å². The van der Waals surface area contributed by atoms with E-state index >= 15 is 0 Å². The lowest BCUT2D eigenvalue weighted by atomic mass is 10.0. The van der Waals surface area contributed by atoms with Crippen molar-refractivity contribution in [3.63, 3.8) is 0 Å². The zero-order chi connectivity index (χ0) is 20.1. The van der Waals surface area contributed by atoms with Gasteiger partial charge in [0.05, 0.1) is 29.3 Å². The average molecular weight is 398 g/mol. The highest BCUT2D eigenvalue weighted by Gasteiger charge is 2.19. The number of carbonyl (C=O) groups excluding carboxylic acids is 2. The standard InChI is InChI=1S/C21H22N2O4S/c1-4-16(14-7-9-15(26-3)10-8-14)22-21(25)19-13(2)12-18(28-19)23-20(24)17-6-5-11-27-17/h5-12,16H,4H2,1-3H3,(H,22,25)(H,23,24). The molecule has 2 heterocycles. The van der Waals surface area contributed by atoms with Gasteiger partial charge in [0.15, 0.2) is 5.76 Å². The van der Waals surface area contributed by atoms with Gasteiger partial charge in [-0.15, -0.1) is 11.3 Å². The first-order valence-electron chi connectivity index (χ1n) is 8.92. The Morgan fingerprint density at radius 1 is 1.18 bits per heavy atom. The summed E-state index contributed by atoms with van der Waals surface area (Å²) in [5.41, 5.74) is 1.82. The van der Waals surface area contributed by atoms with Gasteiger partial charge in [0.25, 0.3) is 11.8 Å². The molecule has 3 rings (SSSR count). The Balaban J connectivity index is 1.70. The van der Waals surface area contributed by atoms with Crippen LogP contribution in [-0.2, 0) is 0 Å². The number of thiophene rings is 1. The average Bonchev–Trinajstić information content (AvgIpc) is 3.36. The Kier molecular flexibility index (Phi) is 6.16. The smallest absolute Gasteiger partial charge is 0.291 e. The molecular weight excluding hydrogens is 376 g/mol. The van der Waals surface area contributed by atoms with E-state index in [4.69, 9.17) is 9.15 Å². The van der Waals surface area contributed by atoms with Crippen molar-refractivity contribution in [2.24, 2.45) is 0 Å². The molecular formula is C21H22N2O4S. The van der Waals surface area contributed by atoms with Gasteiger partial charge in [0.1, 0.15) is 5.75 Å². The van der Waals surface area contributed by atoms with Gasteiger partial charge in [0.2, 0.25) is 0 Å². The molecule has 0 bridgehead atoms. The van der Waals surface area contributed by atoms with E-state index in [1.807, 2.05) is 38.1 Å². The monoisotopic (exact) mass is 398 g/mol. The molecule has 1 unspecified atom stereocenters. The minimum absolute atomic E-state index is 0.110. The summed E-state index contributed by atoms with van der Waals surface area (Å²) >= 11 is 1.24. The second kappa shape index (κ2) is 8.75. The number of anilines is 1. The maximum absolute atomic E-state index is 12.8. The van der Waals surface area contributed by atoms with Crippen molar-refractivity contribution in [3.05, 3.63) is 70.5 Å². The lowest BCUT2D eigenvalue weighted by molar-refractivity contribution is 0.0938. The van der Waals surface area contributed by atoms with Crippen LogP contribution >= 0.6 is 11.3 Å². The molecule has 1 aromatic carbocycles. The summed E-state index contributed by atoms with van der Waals surface area (Å²) in [4.78, 5) is 25.5. The molecule has 0 aliphatic rings. The number of methoxy groups -OCH3 is 1. The highest BCUT2D eigenvalue weighted by molar-refractivity contribution is 7.18. The largest absolute Gasteiger partial charge is 0.497 e. The van der Waals surface area contributed by atoms with E-state index in [0.717, 1.165) is 23.3 Å². The third kappa shape index (κ3) is 4.43. The molecule has 3 aromatic rings. The molecule has 0 radical (unpaired) electrons. The van der Waals surface area contributed by atoms with Crippen LogP contribution in [0.2, 0.25) is 0 Å². The first kappa shape index (κ1) is 19.7. The van der Waals surface area contributed by atoms with Crippen molar-refractivity contribution >= 4 is 28.2 Å². The highest BCUT2D eigenvalue weighted by atomic mass is 32.1. The molecule has 6 nitrogen and oxygen atoms in total. The Bertz CT molecular complexity index is 945. The lowest BCUT2D eigenvalue weighted by Crippen LogP contribution is -2.27. The summed E-state index contributed by atoms with van der Waals surface area (Å²) in [7, 11) is 1.62. The molecule has 0 fully saturated rings. The Morgan fingerprint density at radius 3 is 2.54 bits per heavy atom. The summed E-state index contributed by atoms with van der Waals surface area (Å²) in [6.45, 7) is 3.87. The second-order valence-corrected chi connectivity index (χ2v) is 7.31. The fraction of sp³-hybridized carbons (Fsp3) is 0.238. The van der Waals surface area contributed by atoms with Crippen LogP contribution in [0, 0.1) is 6.92 Å². The molecule has 28 heavy (non-hydrogen) atoms. The van der Waals surface area contributed by atoms with Crippen LogP contribution in [0.25, 0.3) is 0 Å². The van der Waals surface area contributed by atoms with E-state index < -0.39 is 0 Å². The van der Waals surface area contributed by atoms with E-state index in [1.54, 1.807) is 25.3 Å². The summed E-state index contributed by atoms with van der Waals surface area (Å²) in [6, 6.07) is 12.6. The van der Waals surface area contributed by atoms with Crippen LogP contribution in [0.3, 0.4) is 0 Å². The SMILES string of the molecule is CCC(NC(=O)c1sc(NC(=O)c2ccco2)cc1C)c1ccc(OC)cc1. The summed E-state index contributed by atoms with van der Waals surface area (Å²) in [5, 5.41) is 6.43. The molecule has 0 spiro atoms. The zero-order valence-electron chi connectivity index (χ0n) is 15.9. The molecule has 2 amide bonds. The quantitative estimate of drug-likeness (QED) is 0.599. The van der Waals surface area contributed by atoms with E-state index in [2.05, 4.69) is 10.6 Å². The van der Waals surface area contributed by atoms with Crippen LogP contribution in [0.1, 0.15) is 50.7 Å².